The van der Waals surface area contributed by atoms with Gasteiger partial charge in [0.15, 0.2) is 11.5 Å². The van der Waals surface area contributed by atoms with Crippen molar-refractivity contribution in [3.8, 4) is 11.5 Å². The third-order valence-corrected chi connectivity index (χ3v) is 4.25. The van der Waals surface area contributed by atoms with Crippen LogP contribution in [0.15, 0.2) is 18.3 Å². The number of benzene rings is 1. The zero-order valence-electron chi connectivity index (χ0n) is 15.3. The van der Waals surface area contributed by atoms with Crippen molar-refractivity contribution in [2.24, 2.45) is 0 Å². The van der Waals surface area contributed by atoms with Crippen LogP contribution in [-0.2, 0) is 16.1 Å². The van der Waals surface area contributed by atoms with Crippen LogP contribution >= 0.6 is 0 Å². The molecule has 0 unspecified atom stereocenters. The molecule has 136 valence electrons. The van der Waals surface area contributed by atoms with Gasteiger partial charge in [0, 0.05) is 25.7 Å². The number of amides is 2. The second-order valence-electron chi connectivity index (χ2n) is 5.95. The van der Waals surface area contributed by atoms with Crippen LogP contribution in [0, 0.1) is 0 Å². The van der Waals surface area contributed by atoms with E-state index in [1.807, 2.05) is 24.8 Å². The van der Waals surface area contributed by atoms with Gasteiger partial charge in [-0.05, 0) is 36.6 Å². The van der Waals surface area contributed by atoms with Gasteiger partial charge in [0.05, 0.1) is 19.8 Å². The molecule has 2 rings (SSSR count). The van der Waals surface area contributed by atoms with E-state index < -0.39 is 0 Å². The van der Waals surface area contributed by atoms with Gasteiger partial charge in [-0.1, -0.05) is 13.3 Å². The normalized spacial score (nSPS) is 13.0. The number of fused-ring (bicyclic) bond motifs is 1. The summed E-state index contributed by atoms with van der Waals surface area (Å²) in [6.07, 6.45) is 3.83. The lowest BCUT2D eigenvalue weighted by atomic mass is 9.95. The van der Waals surface area contributed by atoms with Gasteiger partial charge in [-0.2, -0.15) is 0 Å². The number of hydrogen-bond donors (Lipinski definition) is 1. The number of ether oxygens (including phenoxy) is 2. The summed E-state index contributed by atoms with van der Waals surface area (Å²) >= 11 is 0. The van der Waals surface area contributed by atoms with E-state index in [0.29, 0.717) is 30.0 Å². The van der Waals surface area contributed by atoms with E-state index in [1.54, 1.807) is 26.5 Å². The lowest BCUT2D eigenvalue weighted by Gasteiger charge is -2.28. The molecule has 1 heterocycles. The summed E-state index contributed by atoms with van der Waals surface area (Å²) in [7, 11) is 3.14. The number of carbonyl (C=O) groups is 2. The Balaban J connectivity index is 2.35. The number of carbonyl (C=O) groups excluding carboxylic acids is 2. The molecule has 0 spiro atoms. The third kappa shape index (κ3) is 4.32. The van der Waals surface area contributed by atoms with Gasteiger partial charge in [0.2, 0.25) is 5.91 Å². The van der Waals surface area contributed by atoms with Crippen LogP contribution in [0.2, 0.25) is 0 Å². The van der Waals surface area contributed by atoms with Gasteiger partial charge >= 0.3 is 0 Å². The number of rotatable bonds is 7. The first kappa shape index (κ1) is 18.8. The number of unbranched alkanes of at least 4 members (excludes halogenated alkanes) is 1. The average Bonchev–Trinajstić information content (AvgIpc) is 2.63. The van der Waals surface area contributed by atoms with E-state index in [9.17, 15) is 9.59 Å². The first-order valence-corrected chi connectivity index (χ1v) is 8.59. The van der Waals surface area contributed by atoms with Crippen molar-refractivity contribution in [3.63, 3.8) is 0 Å². The van der Waals surface area contributed by atoms with Crippen LogP contribution in [-0.4, -0.2) is 37.5 Å². The standard InChI is InChI=1S/C19H26N2O4/c1-5-7-8-18(22)20-19(23)15-12-21(6-2)11-13-9-16(24-3)17(25-4)10-14(13)15/h9-10,12H,5-8,11H2,1-4H3,(H,20,22,23). The largest absolute Gasteiger partial charge is 0.493 e. The summed E-state index contributed by atoms with van der Waals surface area (Å²) in [4.78, 5) is 26.6. The highest BCUT2D eigenvalue weighted by atomic mass is 16.5. The van der Waals surface area contributed by atoms with E-state index in [0.717, 1.165) is 30.5 Å². The highest BCUT2D eigenvalue weighted by Gasteiger charge is 2.25. The first-order valence-electron chi connectivity index (χ1n) is 8.59. The average molecular weight is 346 g/mol. The fourth-order valence-corrected chi connectivity index (χ4v) is 2.80. The molecule has 2 amide bonds. The SMILES string of the molecule is CCCCC(=O)NC(=O)C1=CN(CC)Cc2cc(OC)c(OC)cc21. The molecule has 1 N–H and O–H groups in total. The number of imide groups is 1. The van der Waals surface area contributed by atoms with Crippen molar-refractivity contribution < 1.29 is 19.1 Å². The highest BCUT2D eigenvalue weighted by molar-refractivity contribution is 6.24. The van der Waals surface area contributed by atoms with Crippen molar-refractivity contribution in [2.75, 3.05) is 20.8 Å². The fraction of sp³-hybridized carbons (Fsp3) is 0.474. The summed E-state index contributed by atoms with van der Waals surface area (Å²) < 4.78 is 10.7. The smallest absolute Gasteiger partial charge is 0.259 e. The number of nitrogens with zero attached hydrogens (tertiary/aromatic N) is 1. The molecule has 1 aliphatic heterocycles. The van der Waals surface area contributed by atoms with E-state index in [4.69, 9.17) is 9.47 Å². The molecule has 0 aromatic heterocycles. The number of methoxy groups -OCH3 is 2. The van der Waals surface area contributed by atoms with Gasteiger partial charge in [-0.15, -0.1) is 0 Å². The minimum absolute atomic E-state index is 0.247. The minimum Gasteiger partial charge on any atom is -0.493 e. The lowest BCUT2D eigenvalue weighted by molar-refractivity contribution is -0.127. The highest BCUT2D eigenvalue weighted by Crippen LogP contribution is 2.36. The second kappa shape index (κ2) is 8.55. The lowest BCUT2D eigenvalue weighted by Crippen LogP contribution is -2.33. The van der Waals surface area contributed by atoms with Crippen molar-refractivity contribution in [2.45, 2.75) is 39.7 Å². The summed E-state index contributed by atoms with van der Waals surface area (Å²) in [6.45, 7) is 5.46. The van der Waals surface area contributed by atoms with Crippen molar-refractivity contribution in [1.82, 2.24) is 10.2 Å². The molecule has 6 nitrogen and oxygen atoms in total. The Morgan fingerprint density at radius 3 is 2.44 bits per heavy atom. The Labute approximate surface area is 148 Å². The minimum atomic E-state index is -0.382. The Morgan fingerprint density at radius 1 is 1.16 bits per heavy atom. The summed E-state index contributed by atoms with van der Waals surface area (Å²) in [5, 5.41) is 2.49. The molecule has 0 radical (unpaired) electrons. The maximum absolute atomic E-state index is 12.7. The molecule has 0 atom stereocenters. The van der Waals surface area contributed by atoms with Gasteiger partial charge in [0.25, 0.3) is 5.91 Å². The molecule has 25 heavy (non-hydrogen) atoms. The fourth-order valence-electron chi connectivity index (χ4n) is 2.80. The molecule has 0 saturated heterocycles. The van der Waals surface area contributed by atoms with Crippen LogP contribution in [0.4, 0.5) is 0 Å². The molecular formula is C19H26N2O4. The Hall–Kier alpha value is -2.50. The van der Waals surface area contributed by atoms with Crippen LogP contribution in [0.25, 0.3) is 5.57 Å². The van der Waals surface area contributed by atoms with Crippen LogP contribution in [0.3, 0.4) is 0 Å². The van der Waals surface area contributed by atoms with Crippen molar-refractivity contribution in [3.05, 3.63) is 29.5 Å². The van der Waals surface area contributed by atoms with E-state index in [1.165, 1.54) is 0 Å². The molecule has 0 fully saturated rings. The maximum Gasteiger partial charge on any atom is 0.259 e. The van der Waals surface area contributed by atoms with Crippen molar-refractivity contribution in [1.29, 1.82) is 0 Å². The molecule has 1 aliphatic rings. The molecule has 1 aromatic rings. The quantitative estimate of drug-likeness (QED) is 0.822. The molecule has 1 aromatic carbocycles. The predicted molar refractivity (Wildman–Crippen MR) is 96.3 cm³/mol. The first-order chi connectivity index (χ1) is 12.0. The van der Waals surface area contributed by atoms with Crippen LogP contribution in [0.5, 0.6) is 11.5 Å². The van der Waals surface area contributed by atoms with E-state index in [2.05, 4.69) is 5.32 Å². The molecular weight excluding hydrogens is 320 g/mol. The topological polar surface area (TPSA) is 67.9 Å². The van der Waals surface area contributed by atoms with Crippen LogP contribution in [0.1, 0.15) is 44.2 Å². The second-order valence-corrected chi connectivity index (χ2v) is 5.95. The van der Waals surface area contributed by atoms with Gasteiger partial charge in [0.1, 0.15) is 0 Å². The summed E-state index contributed by atoms with van der Waals surface area (Å²) in [6, 6.07) is 3.68. The monoisotopic (exact) mass is 346 g/mol. The number of nitrogens with one attached hydrogen (secondary N) is 1. The molecule has 0 aliphatic carbocycles. The van der Waals surface area contributed by atoms with Crippen molar-refractivity contribution >= 4 is 17.4 Å². The zero-order valence-corrected chi connectivity index (χ0v) is 15.3. The maximum atomic E-state index is 12.7. The van der Waals surface area contributed by atoms with E-state index in [-0.39, 0.29) is 11.8 Å². The van der Waals surface area contributed by atoms with E-state index >= 15 is 0 Å². The van der Waals surface area contributed by atoms with Gasteiger partial charge in [-0.25, -0.2) is 0 Å². The summed E-state index contributed by atoms with van der Waals surface area (Å²) in [5.74, 6) is 0.552. The molecule has 6 heteroatoms. The number of hydrogen-bond acceptors (Lipinski definition) is 5. The third-order valence-electron chi connectivity index (χ3n) is 4.25. The van der Waals surface area contributed by atoms with Crippen LogP contribution < -0.4 is 14.8 Å². The molecule has 0 bridgehead atoms. The Morgan fingerprint density at radius 2 is 1.84 bits per heavy atom. The van der Waals surface area contributed by atoms with Gasteiger partial charge in [-0.3, -0.25) is 14.9 Å². The predicted octanol–water partition coefficient (Wildman–Crippen LogP) is 2.71. The Kier molecular flexibility index (Phi) is 6.44. The molecule has 0 saturated carbocycles. The summed E-state index contributed by atoms with van der Waals surface area (Å²) in [5.41, 5.74) is 2.20. The zero-order chi connectivity index (χ0) is 18.4. The Bertz CT molecular complexity index is 682. The van der Waals surface area contributed by atoms with Gasteiger partial charge < -0.3 is 14.4 Å².